The minimum absolute atomic E-state index is 0.287. The zero-order valence-corrected chi connectivity index (χ0v) is 14.0. The number of anilines is 1. The molecule has 2 aromatic carbocycles. The second-order valence-corrected chi connectivity index (χ2v) is 6.34. The van der Waals surface area contributed by atoms with Gasteiger partial charge in [0.05, 0.1) is 4.47 Å². The molecule has 1 heterocycles. The van der Waals surface area contributed by atoms with Crippen LogP contribution in [-0.4, -0.2) is 6.79 Å². The third-order valence-electron chi connectivity index (χ3n) is 3.16. The summed E-state index contributed by atoms with van der Waals surface area (Å²) in [7, 11) is 0. The van der Waals surface area contributed by atoms with Gasteiger partial charge in [0.1, 0.15) is 0 Å². The minimum atomic E-state index is 0.287. The summed E-state index contributed by atoms with van der Waals surface area (Å²) in [6.45, 7) is 3.09. The molecule has 1 aliphatic heterocycles. The van der Waals surface area contributed by atoms with Gasteiger partial charge in [-0.05, 0) is 58.2 Å². The SMILES string of the molecule is Cc1ccc(NCc2cc(Br)c3c(c2)OCO3)cc1Br. The fourth-order valence-electron chi connectivity index (χ4n) is 2.03. The first-order valence-corrected chi connectivity index (χ1v) is 7.80. The number of ether oxygens (including phenoxy) is 2. The molecule has 0 saturated carbocycles. The van der Waals surface area contributed by atoms with Crippen LogP contribution in [-0.2, 0) is 6.54 Å². The van der Waals surface area contributed by atoms with Gasteiger partial charge in [0, 0.05) is 16.7 Å². The van der Waals surface area contributed by atoms with Crippen molar-refractivity contribution in [2.45, 2.75) is 13.5 Å². The Labute approximate surface area is 134 Å². The average molecular weight is 399 g/mol. The molecule has 20 heavy (non-hydrogen) atoms. The molecule has 5 heteroatoms. The van der Waals surface area contributed by atoms with Crippen molar-refractivity contribution in [1.29, 1.82) is 0 Å². The van der Waals surface area contributed by atoms with Gasteiger partial charge in [0.25, 0.3) is 0 Å². The molecular formula is C15H13Br2NO2. The second kappa shape index (κ2) is 5.66. The Balaban J connectivity index is 1.75. The van der Waals surface area contributed by atoms with Crippen LogP contribution in [0.2, 0.25) is 0 Å². The highest BCUT2D eigenvalue weighted by atomic mass is 79.9. The molecule has 0 bridgehead atoms. The molecule has 0 fully saturated rings. The van der Waals surface area contributed by atoms with Crippen LogP contribution in [0.4, 0.5) is 5.69 Å². The molecule has 0 unspecified atom stereocenters. The molecule has 0 radical (unpaired) electrons. The number of hydrogen-bond acceptors (Lipinski definition) is 3. The molecule has 0 aromatic heterocycles. The number of nitrogens with one attached hydrogen (secondary N) is 1. The molecule has 3 nitrogen and oxygen atoms in total. The highest BCUT2D eigenvalue weighted by Crippen LogP contribution is 2.40. The van der Waals surface area contributed by atoms with Crippen molar-refractivity contribution in [1.82, 2.24) is 0 Å². The normalized spacial score (nSPS) is 12.6. The van der Waals surface area contributed by atoms with Gasteiger partial charge in [0.2, 0.25) is 6.79 Å². The molecule has 3 rings (SSSR count). The zero-order chi connectivity index (χ0) is 14.1. The van der Waals surface area contributed by atoms with Gasteiger partial charge in [0.15, 0.2) is 11.5 Å². The predicted octanol–water partition coefficient (Wildman–Crippen LogP) is 4.86. The van der Waals surface area contributed by atoms with E-state index in [0.29, 0.717) is 0 Å². The van der Waals surface area contributed by atoms with E-state index in [2.05, 4.69) is 62.3 Å². The Hall–Kier alpha value is -1.20. The van der Waals surface area contributed by atoms with Crippen LogP contribution in [0.25, 0.3) is 0 Å². The molecular weight excluding hydrogens is 386 g/mol. The molecule has 0 aliphatic carbocycles. The molecule has 0 saturated heterocycles. The van der Waals surface area contributed by atoms with Gasteiger partial charge in [-0.15, -0.1) is 0 Å². The summed E-state index contributed by atoms with van der Waals surface area (Å²) in [5, 5.41) is 3.40. The third kappa shape index (κ3) is 2.79. The molecule has 1 aliphatic rings. The van der Waals surface area contributed by atoms with Crippen molar-refractivity contribution < 1.29 is 9.47 Å². The Morgan fingerprint density at radius 3 is 2.75 bits per heavy atom. The van der Waals surface area contributed by atoms with E-state index >= 15 is 0 Å². The maximum atomic E-state index is 5.42. The predicted molar refractivity (Wildman–Crippen MR) is 86.5 cm³/mol. The van der Waals surface area contributed by atoms with E-state index in [9.17, 15) is 0 Å². The van der Waals surface area contributed by atoms with Crippen LogP contribution in [0.5, 0.6) is 11.5 Å². The van der Waals surface area contributed by atoms with E-state index in [1.165, 1.54) is 5.56 Å². The fraction of sp³-hybridized carbons (Fsp3) is 0.200. The Morgan fingerprint density at radius 1 is 1.10 bits per heavy atom. The van der Waals surface area contributed by atoms with Crippen LogP contribution in [0.15, 0.2) is 39.3 Å². The maximum Gasteiger partial charge on any atom is 0.231 e. The lowest BCUT2D eigenvalue weighted by Gasteiger charge is -2.09. The van der Waals surface area contributed by atoms with E-state index in [1.54, 1.807) is 0 Å². The molecule has 0 atom stereocenters. The van der Waals surface area contributed by atoms with E-state index in [4.69, 9.17) is 9.47 Å². The minimum Gasteiger partial charge on any atom is -0.454 e. The van der Waals surface area contributed by atoms with Gasteiger partial charge >= 0.3 is 0 Å². The summed E-state index contributed by atoms with van der Waals surface area (Å²) in [4.78, 5) is 0. The van der Waals surface area contributed by atoms with E-state index < -0.39 is 0 Å². The van der Waals surface area contributed by atoms with Crippen LogP contribution < -0.4 is 14.8 Å². The zero-order valence-electron chi connectivity index (χ0n) is 10.9. The number of rotatable bonds is 3. The van der Waals surface area contributed by atoms with Gasteiger partial charge in [-0.25, -0.2) is 0 Å². The summed E-state index contributed by atoms with van der Waals surface area (Å²) >= 11 is 7.05. The number of fused-ring (bicyclic) bond motifs is 1. The molecule has 104 valence electrons. The lowest BCUT2D eigenvalue weighted by atomic mass is 10.2. The van der Waals surface area contributed by atoms with Crippen molar-refractivity contribution in [2.75, 3.05) is 12.1 Å². The van der Waals surface area contributed by atoms with Crippen molar-refractivity contribution in [2.24, 2.45) is 0 Å². The highest BCUT2D eigenvalue weighted by Gasteiger charge is 2.17. The summed E-state index contributed by atoms with van der Waals surface area (Å²) < 4.78 is 12.8. The Kier molecular flexibility index (Phi) is 3.89. The van der Waals surface area contributed by atoms with Gasteiger partial charge < -0.3 is 14.8 Å². The smallest absolute Gasteiger partial charge is 0.231 e. The van der Waals surface area contributed by atoms with Crippen LogP contribution in [0.1, 0.15) is 11.1 Å². The highest BCUT2D eigenvalue weighted by molar-refractivity contribution is 9.10. The topological polar surface area (TPSA) is 30.5 Å². The summed E-state index contributed by atoms with van der Waals surface area (Å²) in [5.41, 5.74) is 3.44. The van der Waals surface area contributed by atoms with E-state index in [-0.39, 0.29) is 6.79 Å². The summed E-state index contributed by atoms with van der Waals surface area (Å²) in [6, 6.07) is 10.3. The molecule has 0 spiro atoms. The van der Waals surface area contributed by atoms with Crippen molar-refractivity contribution in [3.63, 3.8) is 0 Å². The first-order chi connectivity index (χ1) is 9.63. The van der Waals surface area contributed by atoms with E-state index in [1.807, 2.05) is 12.1 Å². The lowest BCUT2D eigenvalue weighted by Crippen LogP contribution is -1.99. The Morgan fingerprint density at radius 2 is 1.95 bits per heavy atom. The number of benzene rings is 2. The van der Waals surface area contributed by atoms with Crippen molar-refractivity contribution >= 4 is 37.5 Å². The molecule has 2 aromatic rings. The van der Waals surface area contributed by atoms with Crippen LogP contribution in [0, 0.1) is 6.92 Å². The lowest BCUT2D eigenvalue weighted by molar-refractivity contribution is 0.173. The van der Waals surface area contributed by atoms with Crippen molar-refractivity contribution in [3.8, 4) is 11.5 Å². The van der Waals surface area contributed by atoms with Gasteiger partial charge in [-0.3, -0.25) is 0 Å². The average Bonchev–Trinajstić information content (AvgIpc) is 2.89. The summed E-state index contributed by atoms with van der Waals surface area (Å²) in [6.07, 6.45) is 0. The van der Waals surface area contributed by atoms with Crippen LogP contribution in [0.3, 0.4) is 0 Å². The maximum absolute atomic E-state index is 5.42. The molecule has 1 N–H and O–H groups in total. The summed E-state index contributed by atoms with van der Waals surface area (Å²) in [5.74, 6) is 1.58. The standard InChI is InChI=1S/C15H13Br2NO2/c1-9-2-3-11(6-12(9)16)18-7-10-4-13(17)15-14(5-10)19-8-20-15/h2-6,18H,7-8H2,1H3. The number of halogens is 2. The largest absolute Gasteiger partial charge is 0.454 e. The number of hydrogen-bond donors (Lipinski definition) is 1. The van der Waals surface area contributed by atoms with Gasteiger partial charge in [-0.1, -0.05) is 22.0 Å². The Bertz CT molecular complexity index is 659. The number of aryl methyl sites for hydroxylation is 1. The second-order valence-electron chi connectivity index (χ2n) is 4.63. The fourth-order valence-corrected chi connectivity index (χ4v) is 3.01. The van der Waals surface area contributed by atoms with Crippen LogP contribution >= 0.6 is 31.9 Å². The third-order valence-corrected chi connectivity index (χ3v) is 4.60. The molecule has 0 amide bonds. The van der Waals surface area contributed by atoms with Gasteiger partial charge in [-0.2, -0.15) is 0 Å². The monoisotopic (exact) mass is 397 g/mol. The first-order valence-electron chi connectivity index (χ1n) is 6.21. The first kappa shape index (κ1) is 13.8. The quantitative estimate of drug-likeness (QED) is 0.800. The van der Waals surface area contributed by atoms with Crippen molar-refractivity contribution in [3.05, 3.63) is 50.4 Å². The van der Waals surface area contributed by atoms with E-state index in [0.717, 1.165) is 38.2 Å².